The number of hydrogen-bond donors (Lipinski definition) is 0. The second kappa shape index (κ2) is 5.75. The first-order valence-electron chi connectivity index (χ1n) is 5.15. The normalized spacial score (nSPS) is 10.5. The molecule has 0 amide bonds. The van der Waals surface area contributed by atoms with Crippen molar-refractivity contribution in [3.8, 4) is 11.3 Å². The average molecular weight is 247 g/mol. The molecule has 0 atom stereocenters. The number of rotatable bonds is 4. The third kappa shape index (κ3) is 3.01. The van der Waals surface area contributed by atoms with E-state index in [1.807, 2.05) is 30.5 Å². The first-order chi connectivity index (χ1) is 8.33. The molecule has 0 N–H and O–H groups in total. The van der Waals surface area contributed by atoms with Crippen LogP contribution in [0.25, 0.3) is 11.3 Å². The van der Waals surface area contributed by atoms with E-state index in [1.165, 1.54) is 11.8 Å². The molecule has 0 aliphatic rings. The monoisotopic (exact) mass is 247 g/mol. The van der Waals surface area contributed by atoms with E-state index >= 15 is 0 Å². The molecule has 4 nitrogen and oxygen atoms in total. The molecule has 5 heteroatoms. The lowest BCUT2D eigenvalue weighted by molar-refractivity contribution is 0.185. The average Bonchev–Trinajstić information content (AvgIpc) is 2.40. The van der Waals surface area contributed by atoms with Gasteiger partial charge >= 0.3 is 0 Å². The third-order valence-corrected chi connectivity index (χ3v) is 2.82. The van der Waals surface area contributed by atoms with E-state index in [-0.39, 0.29) is 0 Å². The largest absolute Gasteiger partial charge is 0.380 e. The van der Waals surface area contributed by atoms with Crippen molar-refractivity contribution in [2.75, 3.05) is 13.4 Å². The molecule has 0 fully saturated rings. The maximum Gasteiger partial charge on any atom is 0.209 e. The zero-order chi connectivity index (χ0) is 12.1. The minimum Gasteiger partial charge on any atom is -0.380 e. The standard InChI is InChI=1S/C12H13N3OS/c1-16-8-9-3-5-10(6-4-9)11-7-13-15-12(14-11)17-2/h3-7H,8H2,1-2H3. The second-order valence-corrected chi connectivity index (χ2v) is 4.23. The van der Waals surface area contributed by atoms with E-state index < -0.39 is 0 Å². The molecule has 1 aromatic heterocycles. The fraction of sp³-hybridized carbons (Fsp3) is 0.250. The lowest BCUT2D eigenvalue weighted by atomic mass is 10.1. The lowest BCUT2D eigenvalue weighted by Crippen LogP contribution is -1.93. The Morgan fingerprint density at radius 2 is 2.00 bits per heavy atom. The summed E-state index contributed by atoms with van der Waals surface area (Å²) in [5, 5.41) is 8.53. The molecular weight excluding hydrogens is 234 g/mol. The molecule has 17 heavy (non-hydrogen) atoms. The van der Waals surface area contributed by atoms with Crippen LogP contribution in [0.3, 0.4) is 0 Å². The quantitative estimate of drug-likeness (QED) is 0.776. The summed E-state index contributed by atoms with van der Waals surface area (Å²) in [6.45, 7) is 0.623. The van der Waals surface area contributed by atoms with E-state index in [0.717, 1.165) is 16.8 Å². The van der Waals surface area contributed by atoms with Gasteiger partial charge in [-0.05, 0) is 11.8 Å². The van der Waals surface area contributed by atoms with Crippen molar-refractivity contribution in [2.45, 2.75) is 11.8 Å². The Balaban J connectivity index is 2.26. The first kappa shape index (κ1) is 12.0. The Labute approximate surface area is 104 Å². The van der Waals surface area contributed by atoms with Crippen molar-refractivity contribution >= 4 is 11.8 Å². The molecule has 1 heterocycles. The Hall–Kier alpha value is -1.46. The van der Waals surface area contributed by atoms with Crippen LogP contribution in [0.15, 0.2) is 35.6 Å². The molecular formula is C12H13N3OS. The summed E-state index contributed by atoms with van der Waals surface area (Å²) in [5.41, 5.74) is 3.02. The van der Waals surface area contributed by atoms with E-state index in [4.69, 9.17) is 4.74 Å². The van der Waals surface area contributed by atoms with Crippen LogP contribution in [0.4, 0.5) is 0 Å². The van der Waals surface area contributed by atoms with Crippen LogP contribution >= 0.6 is 11.8 Å². The Bertz CT molecular complexity index is 487. The van der Waals surface area contributed by atoms with Gasteiger partial charge in [-0.3, -0.25) is 0 Å². The Morgan fingerprint density at radius 3 is 2.65 bits per heavy atom. The summed E-state index contributed by atoms with van der Waals surface area (Å²) >= 11 is 1.48. The van der Waals surface area contributed by atoms with Crippen molar-refractivity contribution in [3.05, 3.63) is 36.0 Å². The van der Waals surface area contributed by atoms with Crippen LogP contribution in [0.5, 0.6) is 0 Å². The number of benzene rings is 1. The maximum absolute atomic E-state index is 5.07. The second-order valence-electron chi connectivity index (χ2n) is 3.46. The van der Waals surface area contributed by atoms with Gasteiger partial charge in [-0.2, -0.15) is 5.10 Å². The van der Waals surface area contributed by atoms with Crippen LogP contribution in [0, 0.1) is 0 Å². The predicted molar refractivity (Wildman–Crippen MR) is 67.8 cm³/mol. The minimum absolute atomic E-state index is 0.623. The fourth-order valence-electron chi connectivity index (χ4n) is 1.45. The molecule has 0 aliphatic carbocycles. The number of aromatic nitrogens is 3. The number of hydrogen-bond acceptors (Lipinski definition) is 5. The minimum atomic E-state index is 0.623. The van der Waals surface area contributed by atoms with Gasteiger partial charge in [0.05, 0.1) is 18.5 Å². The molecule has 1 aromatic carbocycles. The van der Waals surface area contributed by atoms with E-state index in [0.29, 0.717) is 11.8 Å². The smallest absolute Gasteiger partial charge is 0.209 e. The molecule has 0 saturated heterocycles. The SMILES string of the molecule is COCc1ccc(-c2cnnc(SC)n2)cc1. The van der Waals surface area contributed by atoms with E-state index in [9.17, 15) is 0 Å². The van der Waals surface area contributed by atoms with Gasteiger partial charge in [-0.25, -0.2) is 4.98 Å². The van der Waals surface area contributed by atoms with Crippen LogP contribution in [-0.4, -0.2) is 28.5 Å². The summed E-state index contributed by atoms with van der Waals surface area (Å²) in [5.74, 6) is 0. The Morgan fingerprint density at radius 1 is 1.24 bits per heavy atom. The highest BCUT2D eigenvalue weighted by atomic mass is 32.2. The number of thioether (sulfide) groups is 1. The lowest BCUT2D eigenvalue weighted by Gasteiger charge is -2.03. The third-order valence-electron chi connectivity index (χ3n) is 2.28. The molecule has 0 saturated carbocycles. The number of methoxy groups -OCH3 is 1. The van der Waals surface area contributed by atoms with Crippen molar-refractivity contribution < 1.29 is 4.74 Å². The molecule has 2 aromatic rings. The number of ether oxygens (including phenoxy) is 1. The molecule has 0 spiro atoms. The van der Waals surface area contributed by atoms with Crippen molar-refractivity contribution in [2.24, 2.45) is 0 Å². The van der Waals surface area contributed by atoms with Gasteiger partial charge in [0.2, 0.25) is 5.16 Å². The molecule has 0 aliphatic heterocycles. The molecule has 0 bridgehead atoms. The van der Waals surface area contributed by atoms with E-state index in [1.54, 1.807) is 13.3 Å². The summed E-state index contributed by atoms with van der Waals surface area (Å²) in [4.78, 5) is 4.40. The van der Waals surface area contributed by atoms with Gasteiger partial charge < -0.3 is 4.74 Å². The molecule has 0 radical (unpaired) electrons. The topological polar surface area (TPSA) is 47.9 Å². The van der Waals surface area contributed by atoms with Gasteiger partial charge in [0.25, 0.3) is 0 Å². The zero-order valence-corrected chi connectivity index (χ0v) is 10.6. The summed E-state index contributed by atoms with van der Waals surface area (Å²) in [7, 11) is 1.69. The van der Waals surface area contributed by atoms with Gasteiger partial charge in [-0.1, -0.05) is 36.0 Å². The van der Waals surface area contributed by atoms with Gasteiger partial charge in [0, 0.05) is 12.7 Å². The maximum atomic E-state index is 5.07. The highest BCUT2D eigenvalue weighted by Gasteiger charge is 2.02. The zero-order valence-electron chi connectivity index (χ0n) is 9.75. The predicted octanol–water partition coefficient (Wildman–Crippen LogP) is 2.41. The van der Waals surface area contributed by atoms with Crippen molar-refractivity contribution in [1.29, 1.82) is 0 Å². The van der Waals surface area contributed by atoms with Crippen LogP contribution in [0.2, 0.25) is 0 Å². The Kier molecular flexibility index (Phi) is 4.06. The summed E-state index contributed by atoms with van der Waals surface area (Å²) in [6.07, 6.45) is 3.60. The fourth-order valence-corrected chi connectivity index (χ4v) is 1.77. The highest BCUT2D eigenvalue weighted by Crippen LogP contribution is 2.18. The number of nitrogens with zero attached hydrogens (tertiary/aromatic N) is 3. The molecule has 0 unspecified atom stereocenters. The van der Waals surface area contributed by atoms with Crippen molar-refractivity contribution in [3.63, 3.8) is 0 Å². The van der Waals surface area contributed by atoms with Gasteiger partial charge in [0.15, 0.2) is 0 Å². The van der Waals surface area contributed by atoms with Gasteiger partial charge in [-0.15, -0.1) is 5.10 Å². The summed E-state index contributed by atoms with van der Waals surface area (Å²) < 4.78 is 5.07. The van der Waals surface area contributed by atoms with Crippen LogP contribution in [-0.2, 0) is 11.3 Å². The van der Waals surface area contributed by atoms with Crippen molar-refractivity contribution in [1.82, 2.24) is 15.2 Å². The van der Waals surface area contributed by atoms with Gasteiger partial charge in [0.1, 0.15) is 0 Å². The first-order valence-corrected chi connectivity index (χ1v) is 6.38. The molecule has 2 rings (SSSR count). The highest BCUT2D eigenvalue weighted by molar-refractivity contribution is 7.98. The summed E-state index contributed by atoms with van der Waals surface area (Å²) in [6, 6.07) is 8.09. The van der Waals surface area contributed by atoms with Crippen LogP contribution in [0.1, 0.15) is 5.56 Å². The molecule has 88 valence electrons. The van der Waals surface area contributed by atoms with E-state index in [2.05, 4.69) is 15.2 Å². The van der Waals surface area contributed by atoms with Crippen LogP contribution < -0.4 is 0 Å².